The van der Waals surface area contributed by atoms with Gasteiger partial charge in [0.2, 0.25) is 15.9 Å². The minimum Gasteiger partial charge on any atom is -0.355 e. The van der Waals surface area contributed by atoms with E-state index in [9.17, 15) is 13.2 Å². The Hall–Kier alpha value is -0.660. The number of sulfonamides is 1. The van der Waals surface area contributed by atoms with Gasteiger partial charge in [-0.25, -0.2) is 13.1 Å². The Morgan fingerprint density at radius 2 is 2.17 bits per heavy atom. The first kappa shape index (κ1) is 13.8. The molecule has 0 aromatic carbocycles. The lowest BCUT2D eigenvalue weighted by atomic mass is 9.88. The Morgan fingerprint density at radius 3 is 2.72 bits per heavy atom. The van der Waals surface area contributed by atoms with Gasteiger partial charge in [0, 0.05) is 25.2 Å². The van der Waals surface area contributed by atoms with Gasteiger partial charge in [-0.2, -0.15) is 0 Å². The lowest BCUT2D eigenvalue weighted by molar-refractivity contribution is -0.125. The third-order valence-corrected chi connectivity index (χ3v) is 5.14. The highest BCUT2D eigenvalue weighted by atomic mass is 32.2. The first-order valence-electron chi connectivity index (χ1n) is 6.53. The average molecular weight is 275 g/mol. The number of amides is 1. The van der Waals surface area contributed by atoms with Crippen molar-refractivity contribution in [3.63, 3.8) is 0 Å². The van der Waals surface area contributed by atoms with E-state index < -0.39 is 10.0 Å². The predicted octanol–water partition coefficient (Wildman–Crippen LogP) is -0.818. The Balaban J connectivity index is 1.73. The van der Waals surface area contributed by atoms with Gasteiger partial charge in [0.25, 0.3) is 0 Å². The zero-order valence-electron chi connectivity index (χ0n) is 10.6. The maximum atomic E-state index is 11.9. The molecule has 18 heavy (non-hydrogen) atoms. The van der Waals surface area contributed by atoms with Gasteiger partial charge >= 0.3 is 0 Å². The third kappa shape index (κ3) is 3.21. The molecule has 6 nitrogen and oxygen atoms in total. The van der Waals surface area contributed by atoms with Gasteiger partial charge in [-0.1, -0.05) is 6.92 Å². The van der Waals surface area contributed by atoms with E-state index >= 15 is 0 Å². The maximum absolute atomic E-state index is 11.9. The van der Waals surface area contributed by atoms with Crippen LogP contribution in [0.25, 0.3) is 0 Å². The number of hydrogen-bond donors (Lipinski definition) is 3. The van der Waals surface area contributed by atoms with Crippen molar-refractivity contribution in [3.8, 4) is 0 Å². The summed E-state index contributed by atoms with van der Waals surface area (Å²) in [6.07, 6.45) is 3.10. The van der Waals surface area contributed by atoms with Crippen molar-refractivity contribution in [3.05, 3.63) is 0 Å². The Bertz CT molecular complexity index is 410. The molecule has 2 rings (SSSR count). The van der Waals surface area contributed by atoms with Crippen LogP contribution in [0.3, 0.4) is 0 Å². The van der Waals surface area contributed by atoms with Crippen LogP contribution >= 0.6 is 0 Å². The zero-order valence-corrected chi connectivity index (χ0v) is 11.4. The fraction of sp³-hybridized carbons (Fsp3) is 0.909. The molecule has 0 radical (unpaired) electrons. The maximum Gasteiger partial charge on any atom is 0.224 e. The molecule has 7 heteroatoms. The Kier molecular flexibility index (Phi) is 4.24. The number of rotatable bonds is 6. The van der Waals surface area contributed by atoms with Gasteiger partial charge in [-0.15, -0.1) is 0 Å². The van der Waals surface area contributed by atoms with Gasteiger partial charge in [0.15, 0.2) is 0 Å². The van der Waals surface area contributed by atoms with Crippen molar-refractivity contribution in [2.45, 2.75) is 38.3 Å². The predicted molar refractivity (Wildman–Crippen MR) is 68.5 cm³/mol. The van der Waals surface area contributed by atoms with Crippen LogP contribution in [0.4, 0.5) is 0 Å². The molecule has 2 aliphatic heterocycles. The smallest absolute Gasteiger partial charge is 0.224 e. The molecule has 3 N–H and O–H groups in total. The second kappa shape index (κ2) is 5.54. The highest BCUT2D eigenvalue weighted by Gasteiger charge is 2.42. The van der Waals surface area contributed by atoms with Crippen LogP contribution in [0, 0.1) is 5.92 Å². The van der Waals surface area contributed by atoms with Crippen LogP contribution in [0.15, 0.2) is 0 Å². The summed E-state index contributed by atoms with van der Waals surface area (Å²) in [5.41, 5.74) is 0. The molecule has 1 amide bonds. The molecule has 0 aliphatic carbocycles. The van der Waals surface area contributed by atoms with Crippen LogP contribution < -0.4 is 15.4 Å². The van der Waals surface area contributed by atoms with Crippen molar-refractivity contribution in [2.24, 2.45) is 5.92 Å². The van der Waals surface area contributed by atoms with Gasteiger partial charge < -0.3 is 10.6 Å². The second-order valence-corrected chi connectivity index (χ2v) is 6.92. The molecule has 0 aromatic heterocycles. The summed E-state index contributed by atoms with van der Waals surface area (Å²) in [5.74, 6) is -0.0483. The Morgan fingerprint density at radius 1 is 1.39 bits per heavy atom. The lowest BCUT2D eigenvalue weighted by Gasteiger charge is -2.19. The molecule has 3 unspecified atom stereocenters. The summed E-state index contributed by atoms with van der Waals surface area (Å²) >= 11 is 0. The molecule has 2 saturated heterocycles. The van der Waals surface area contributed by atoms with Crippen LogP contribution in [0.2, 0.25) is 0 Å². The first-order valence-corrected chi connectivity index (χ1v) is 8.18. The molecule has 104 valence electrons. The highest BCUT2D eigenvalue weighted by molar-refractivity contribution is 7.89. The number of hydrogen-bond acceptors (Lipinski definition) is 4. The van der Waals surface area contributed by atoms with Gasteiger partial charge in [-0.3, -0.25) is 4.79 Å². The minimum absolute atomic E-state index is 0.0126. The van der Waals surface area contributed by atoms with Crippen LogP contribution in [-0.4, -0.2) is 45.3 Å². The molecule has 3 atom stereocenters. The highest BCUT2D eigenvalue weighted by Crippen LogP contribution is 2.33. The summed E-state index contributed by atoms with van der Waals surface area (Å²) in [6.45, 7) is 2.30. The second-order valence-electron chi connectivity index (χ2n) is 5.00. The summed E-state index contributed by atoms with van der Waals surface area (Å²) in [5, 5.41) is 6.12. The van der Waals surface area contributed by atoms with E-state index in [1.807, 2.05) is 0 Å². The first-order chi connectivity index (χ1) is 8.52. The van der Waals surface area contributed by atoms with Crippen LogP contribution in [-0.2, 0) is 14.8 Å². The fourth-order valence-corrected chi connectivity index (χ4v) is 3.80. The monoisotopic (exact) mass is 275 g/mol. The van der Waals surface area contributed by atoms with E-state index in [4.69, 9.17) is 0 Å². The number of nitrogens with one attached hydrogen (secondary N) is 3. The van der Waals surface area contributed by atoms with E-state index in [-0.39, 0.29) is 24.1 Å². The van der Waals surface area contributed by atoms with Gasteiger partial charge in [-0.05, 0) is 19.3 Å². The number of carbonyl (C=O) groups is 1. The van der Waals surface area contributed by atoms with E-state index in [1.54, 1.807) is 6.92 Å². The van der Waals surface area contributed by atoms with E-state index in [1.165, 1.54) is 0 Å². The molecule has 2 heterocycles. The van der Waals surface area contributed by atoms with Crippen LogP contribution in [0.5, 0.6) is 0 Å². The molecule has 2 aliphatic rings. The quantitative estimate of drug-likeness (QED) is 0.591. The van der Waals surface area contributed by atoms with Crippen LogP contribution in [0.1, 0.15) is 26.2 Å². The zero-order chi connectivity index (χ0) is 13.2. The van der Waals surface area contributed by atoms with Gasteiger partial charge in [0.1, 0.15) is 0 Å². The van der Waals surface area contributed by atoms with Crippen molar-refractivity contribution in [1.82, 2.24) is 15.4 Å². The molecule has 0 saturated carbocycles. The molecule has 0 spiro atoms. The van der Waals surface area contributed by atoms with E-state index in [0.29, 0.717) is 18.6 Å². The Labute approximate surface area is 108 Å². The van der Waals surface area contributed by atoms with E-state index in [0.717, 1.165) is 19.3 Å². The molecule has 2 fully saturated rings. The van der Waals surface area contributed by atoms with E-state index in [2.05, 4.69) is 15.4 Å². The van der Waals surface area contributed by atoms with Gasteiger partial charge in [0.05, 0.1) is 11.7 Å². The molecule has 0 aromatic rings. The van der Waals surface area contributed by atoms with Crippen molar-refractivity contribution in [1.29, 1.82) is 0 Å². The largest absolute Gasteiger partial charge is 0.355 e. The average Bonchev–Trinajstić information content (AvgIpc) is 2.90. The summed E-state index contributed by atoms with van der Waals surface area (Å²) in [7, 11) is -3.24. The molecular weight excluding hydrogens is 254 g/mol. The number of fused-ring (bicyclic) bond motifs is 2. The topological polar surface area (TPSA) is 87.3 Å². The summed E-state index contributed by atoms with van der Waals surface area (Å²) < 4.78 is 25.2. The molecular formula is C11H21N3O3S. The number of carbonyl (C=O) groups excluding carboxylic acids is 1. The fourth-order valence-electron chi connectivity index (χ4n) is 2.85. The normalized spacial score (nSPS) is 30.6. The third-order valence-electron chi connectivity index (χ3n) is 3.67. The summed E-state index contributed by atoms with van der Waals surface area (Å²) in [4.78, 5) is 11.9. The van der Waals surface area contributed by atoms with Crippen molar-refractivity contribution in [2.75, 3.05) is 18.8 Å². The minimum atomic E-state index is -3.24. The summed E-state index contributed by atoms with van der Waals surface area (Å²) in [6, 6.07) is 0.775. The van der Waals surface area contributed by atoms with Crippen molar-refractivity contribution >= 4 is 15.9 Å². The SMILES string of the molecule is CCNS(=O)(=O)CCNC(=O)C1CC2CCC1N2. The molecule has 2 bridgehead atoms. The lowest BCUT2D eigenvalue weighted by Crippen LogP contribution is -2.40. The van der Waals surface area contributed by atoms with Crippen molar-refractivity contribution < 1.29 is 13.2 Å². The standard InChI is InChI=1S/C11H21N3O3S/c1-2-13-18(16,17)6-5-12-11(15)9-7-8-3-4-10(9)14-8/h8-10,13-14H,2-7H2,1H3,(H,12,15).